The summed E-state index contributed by atoms with van der Waals surface area (Å²) in [7, 11) is 0. The third-order valence-electron chi connectivity index (χ3n) is 4.62. The Morgan fingerprint density at radius 3 is 2.62 bits per heavy atom. The first-order valence-corrected chi connectivity index (χ1v) is 8.46. The quantitative estimate of drug-likeness (QED) is 0.845. The molecule has 1 atom stereocenters. The molecule has 6 nitrogen and oxygen atoms in total. The molecule has 1 aliphatic rings. The van der Waals surface area contributed by atoms with Crippen molar-refractivity contribution in [3.8, 4) is 0 Å². The fraction of sp³-hybridized carbons (Fsp3) is 0.471. The molecule has 0 radical (unpaired) electrons. The Morgan fingerprint density at radius 2 is 2.04 bits per heavy atom. The van der Waals surface area contributed by atoms with E-state index in [0.717, 1.165) is 38.2 Å². The number of imidazole rings is 1. The van der Waals surface area contributed by atoms with Crippen LogP contribution < -0.4 is 11.1 Å². The van der Waals surface area contributed by atoms with E-state index in [0.29, 0.717) is 23.8 Å². The molecule has 0 bridgehead atoms. The summed E-state index contributed by atoms with van der Waals surface area (Å²) < 4.78 is 39.8. The van der Waals surface area contributed by atoms with Crippen molar-refractivity contribution in [1.29, 1.82) is 0 Å². The molecule has 2 aromatic heterocycles. The summed E-state index contributed by atoms with van der Waals surface area (Å²) in [4.78, 5) is 20.2. The van der Waals surface area contributed by atoms with Crippen LogP contribution in [0.3, 0.4) is 0 Å². The number of hydrogen-bond donors (Lipinski definition) is 2. The van der Waals surface area contributed by atoms with E-state index in [2.05, 4.69) is 15.3 Å². The second-order valence-corrected chi connectivity index (χ2v) is 6.57. The first kappa shape index (κ1) is 18.2. The summed E-state index contributed by atoms with van der Waals surface area (Å²) in [6.45, 7) is 0. The molecule has 2 aromatic rings. The van der Waals surface area contributed by atoms with Crippen LogP contribution in [0.2, 0.25) is 0 Å². The van der Waals surface area contributed by atoms with Crippen LogP contribution in [0.4, 0.5) is 24.7 Å². The van der Waals surface area contributed by atoms with Crippen molar-refractivity contribution in [2.24, 2.45) is 5.92 Å². The van der Waals surface area contributed by atoms with Crippen LogP contribution in [0.1, 0.15) is 43.8 Å². The minimum Gasteiger partial charge on any atom is -0.397 e. The Bertz CT molecular complexity index is 751. The van der Waals surface area contributed by atoms with Gasteiger partial charge < -0.3 is 15.6 Å². The number of carbonyl (C=O) groups is 1. The Kier molecular flexibility index (Phi) is 5.15. The van der Waals surface area contributed by atoms with Gasteiger partial charge in [0.15, 0.2) is 5.69 Å². The molecule has 0 saturated heterocycles. The highest BCUT2D eigenvalue weighted by Crippen LogP contribution is 2.34. The molecular formula is C17H20F3N5O. The van der Waals surface area contributed by atoms with Gasteiger partial charge in [-0.1, -0.05) is 25.7 Å². The third kappa shape index (κ3) is 4.33. The van der Waals surface area contributed by atoms with E-state index in [4.69, 9.17) is 5.73 Å². The van der Waals surface area contributed by atoms with Crippen molar-refractivity contribution in [3.05, 3.63) is 36.5 Å². The number of rotatable bonds is 5. The van der Waals surface area contributed by atoms with Crippen LogP contribution in [0, 0.1) is 5.92 Å². The number of anilines is 2. The molecule has 2 heterocycles. The molecular weight excluding hydrogens is 347 g/mol. The van der Waals surface area contributed by atoms with Crippen molar-refractivity contribution in [2.75, 3.05) is 11.1 Å². The van der Waals surface area contributed by atoms with E-state index >= 15 is 0 Å². The maximum absolute atomic E-state index is 12.9. The van der Waals surface area contributed by atoms with Crippen molar-refractivity contribution in [1.82, 2.24) is 14.5 Å². The molecule has 1 saturated carbocycles. The molecule has 3 rings (SSSR count). The summed E-state index contributed by atoms with van der Waals surface area (Å²) in [5, 5.41) is 2.65. The molecule has 9 heteroatoms. The maximum Gasteiger partial charge on any atom is 0.434 e. The van der Waals surface area contributed by atoms with Crippen LogP contribution >= 0.6 is 0 Å². The molecule has 1 unspecified atom stereocenters. The number of nitrogens with one attached hydrogen (secondary N) is 1. The number of carbonyl (C=O) groups excluding carboxylic acids is 1. The molecule has 3 N–H and O–H groups in total. The van der Waals surface area contributed by atoms with Crippen LogP contribution in [0.25, 0.3) is 0 Å². The lowest BCUT2D eigenvalue weighted by Gasteiger charge is -2.21. The maximum atomic E-state index is 12.9. The second kappa shape index (κ2) is 7.35. The van der Waals surface area contributed by atoms with Crippen LogP contribution in [0.5, 0.6) is 0 Å². The normalized spacial score (nSPS) is 16.6. The Morgan fingerprint density at radius 1 is 1.31 bits per heavy atom. The molecule has 1 amide bonds. The smallest absolute Gasteiger partial charge is 0.397 e. The largest absolute Gasteiger partial charge is 0.434 e. The third-order valence-corrected chi connectivity index (χ3v) is 4.62. The molecule has 0 aliphatic heterocycles. The molecule has 1 aliphatic carbocycles. The lowest BCUT2D eigenvalue weighted by atomic mass is 9.97. The van der Waals surface area contributed by atoms with E-state index < -0.39 is 23.8 Å². The number of halogens is 3. The summed E-state index contributed by atoms with van der Waals surface area (Å²) in [6, 6.07) is 2.36. The molecule has 1 fully saturated rings. The highest BCUT2D eigenvalue weighted by molar-refractivity contribution is 5.93. The van der Waals surface area contributed by atoms with Gasteiger partial charge in [-0.3, -0.25) is 4.79 Å². The van der Waals surface area contributed by atoms with Gasteiger partial charge in [-0.15, -0.1) is 0 Å². The minimum atomic E-state index is -4.54. The zero-order chi connectivity index (χ0) is 18.7. The van der Waals surface area contributed by atoms with Crippen molar-refractivity contribution >= 4 is 17.4 Å². The van der Waals surface area contributed by atoms with Gasteiger partial charge >= 0.3 is 6.18 Å². The Hall–Kier alpha value is -2.58. The van der Waals surface area contributed by atoms with Gasteiger partial charge in [0.1, 0.15) is 11.9 Å². The van der Waals surface area contributed by atoms with Gasteiger partial charge in [0, 0.05) is 6.20 Å². The zero-order valence-corrected chi connectivity index (χ0v) is 14.0. The van der Waals surface area contributed by atoms with E-state index in [1.807, 2.05) is 0 Å². The van der Waals surface area contributed by atoms with Crippen molar-refractivity contribution in [2.45, 2.75) is 44.3 Å². The first-order valence-electron chi connectivity index (χ1n) is 8.46. The number of nitrogens with two attached hydrogens (primary N) is 1. The zero-order valence-electron chi connectivity index (χ0n) is 14.0. The standard InChI is InChI=1S/C17H20F3N5O/c18-17(19,20)14-9-25(10-23-14)13(7-11-3-1-2-4-11)16(26)24-15-6-5-12(21)8-22-15/h5-6,8-11,13H,1-4,7,21H2,(H,22,24,26). The van der Waals surface area contributed by atoms with E-state index in [1.165, 1.54) is 10.8 Å². The summed E-state index contributed by atoms with van der Waals surface area (Å²) in [6.07, 6.45) is 3.39. The predicted molar refractivity (Wildman–Crippen MR) is 90.1 cm³/mol. The van der Waals surface area contributed by atoms with E-state index in [9.17, 15) is 18.0 Å². The van der Waals surface area contributed by atoms with Gasteiger partial charge in [-0.2, -0.15) is 13.2 Å². The average Bonchev–Trinajstić information content (AvgIpc) is 3.25. The molecule has 0 spiro atoms. The second-order valence-electron chi connectivity index (χ2n) is 6.57. The van der Waals surface area contributed by atoms with Gasteiger partial charge in [-0.05, 0) is 24.5 Å². The SMILES string of the molecule is Nc1ccc(NC(=O)C(CC2CCCC2)n2cnc(C(F)(F)F)c2)nc1. The topological polar surface area (TPSA) is 85.8 Å². The number of pyridine rings is 1. The lowest BCUT2D eigenvalue weighted by Crippen LogP contribution is -2.27. The van der Waals surface area contributed by atoms with Crippen LogP contribution in [-0.2, 0) is 11.0 Å². The Balaban J connectivity index is 1.81. The fourth-order valence-electron chi connectivity index (χ4n) is 3.27. The number of alkyl halides is 3. The number of nitrogen functional groups attached to an aromatic ring is 1. The summed E-state index contributed by atoms with van der Waals surface area (Å²) in [5.74, 6) is 0.193. The Labute approximate surface area is 148 Å². The average molecular weight is 367 g/mol. The first-order chi connectivity index (χ1) is 12.3. The number of hydrogen-bond acceptors (Lipinski definition) is 4. The fourth-order valence-corrected chi connectivity index (χ4v) is 3.27. The van der Waals surface area contributed by atoms with Gasteiger partial charge in [0.25, 0.3) is 0 Å². The van der Waals surface area contributed by atoms with Gasteiger partial charge in [0.05, 0.1) is 18.2 Å². The van der Waals surface area contributed by atoms with Gasteiger partial charge in [-0.25, -0.2) is 9.97 Å². The molecule has 26 heavy (non-hydrogen) atoms. The molecule has 0 aromatic carbocycles. The monoisotopic (exact) mass is 367 g/mol. The van der Waals surface area contributed by atoms with E-state index in [-0.39, 0.29) is 0 Å². The van der Waals surface area contributed by atoms with Crippen molar-refractivity contribution < 1.29 is 18.0 Å². The summed E-state index contributed by atoms with van der Waals surface area (Å²) >= 11 is 0. The number of aromatic nitrogens is 3. The number of nitrogens with zero attached hydrogens (tertiary/aromatic N) is 3. The van der Waals surface area contributed by atoms with E-state index in [1.54, 1.807) is 12.1 Å². The lowest BCUT2D eigenvalue weighted by molar-refractivity contribution is -0.141. The minimum absolute atomic E-state index is 0.303. The van der Waals surface area contributed by atoms with Gasteiger partial charge in [0.2, 0.25) is 5.91 Å². The van der Waals surface area contributed by atoms with Crippen LogP contribution in [0.15, 0.2) is 30.9 Å². The van der Waals surface area contributed by atoms with Crippen LogP contribution in [-0.4, -0.2) is 20.4 Å². The predicted octanol–water partition coefficient (Wildman–Crippen LogP) is 3.64. The van der Waals surface area contributed by atoms with Crippen molar-refractivity contribution in [3.63, 3.8) is 0 Å². The summed E-state index contributed by atoms with van der Waals surface area (Å²) in [5.41, 5.74) is 5.01. The highest BCUT2D eigenvalue weighted by atomic mass is 19.4. The number of amides is 1. The highest BCUT2D eigenvalue weighted by Gasteiger charge is 2.35. The molecule has 140 valence electrons.